The van der Waals surface area contributed by atoms with Gasteiger partial charge in [-0.1, -0.05) is 27.7 Å². The van der Waals surface area contributed by atoms with Crippen molar-refractivity contribution in [2.75, 3.05) is 13.2 Å². The van der Waals surface area contributed by atoms with Gasteiger partial charge < -0.3 is 15.7 Å². The second-order valence-electron chi connectivity index (χ2n) is 4.46. The Kier molecular flexibility index (Phi) is 7.34. The molecular formula is C11H24N2O2. The van der Waals surface area contributed by atoms with Gasteiger partial charge in [-0.05, 0) is 5.92 Å². The quantitative estimate of drug-likeness (QED) is 0.581. The van der Waals surface area contributed by atoms with Gasteiger partial charge in [0.05, 0.1) is 12.6 Å². The molecule has 0 heterocycles. The summed E-state index contributed by atoms with van der Waals surface area (Å²) in [5.41, 5.74) is 0. The fourth-order valence-electron chi connectivity index (χ4n) is 1.18. The zero-order chi connectivity index (χ0) is 11.8. The lowest BCUT2D eigenvalue weighted by atomic mass is 10.1. The summed E-state index contributed by atoms with van der Waals surface area (Å²) in [4.78, 5) is 11.4. The first-order valence-corrected chi connectivity index (χ1v) is 5.61. The van der Waals surface area contributed by atoms with E-state index in [0.29, 0.717) is 19.0 Å². The minimum absolute atomic E-state index is 0.00101. The van der Waals surface area contributed by atoms with Crippen LogP contribution < -0.4 is 10.6 Å². The number of amides is 1. The van der Waals surface area contributed by atoms with Crippen molar-refractivity contribution in [2.45, 2.75) is 46.2 Å². The Balaban J connectivity index is 3.72. The van der Waals surface area contributed by atoms with Crippen molar-refractivity contribution in [1.82, 2.24) is 10.6 Å². The predicted molar refractivity (Wildman–Crippen MR) is 61.6 cm³/mol. The van der Waals surface area contributed by atoms with E-state index in [1.165, 1.54) is 0 Å². The average molecular weight is 216 g/mol. The molecule has 3 N–H and O–H groups in total. The van der Waals surface area contributed by atoms with Crippen LogP contribution in [-0.2, 0) is 4.79 Å². The topological polar surface area (TPSA) is 61.4 Å². The lowest BCUT2D eigenvalue weighted by Crippen LogP contribution is -2.42. The standard InChI is InChI=1S/C11H24N2O2/c1-8(2)10(7-14)13-11(15)5-6-12-9(3)4/h8-10,12,14H,5-7H2,1-4H3,(H,13,15). The highest BCUT2D eigenvalue weighted by Crippen LogP contribution is 2.00. The normalized spacial score (nSPS) is 13.3. The van der Waals surface area contributed by atoms with Gasteiger partial charge in [-0.2, -0.15) is 0 Å². The molecule has 1 atom stereocenters. The smallest absolute Gasteiger partial charge is 0.221 e. The SMILES string of the molecule is CC(C)NCCC(=O)NC(CO)C(C)C. The fraction of sp³-hybridized carbons (Fsp3) is 0.909. The van der Waals surface area contributed by atoms with Crippen LogP contribution in [0.15, 0.2) is 0 Å². The fourth-order valence-corrected chi connectivity index (χ4v) is 1.18. The molecule has 1 amide bonds. The first kappa shape index (κ1) is 14.4. The number of aliphatic hydroxyl groups is 1. The molecule has 4 nitrogen and oxygen atoms in total. The largest absolute Gasteiger partial charge is 0.394 e. The number of carbonyl (C=O) groups excluding carboxylic acids is 1. The molecule has 0 aliphatic heterocycles. The maximum absolute atomic E-state index is 11.4. The Bertz CT molecular complexity index is 181. The Labute approximate surface area is 92.4 Å². The number of aliphatic hydroxyl groups excluding tert-OH is 1. The lowest BCUT2D eigenvalue weighted by molar-refractivity contribution is -0.122. The summed E-state index contributed by atoms with van der Waals surface area (Å²) in [7, 11) is 0. The summed E-state index contributed by atoms with van der Waals surface area (Å²) in [6.07, 6.45) is 0.460. The number of hydrogen-bond donors (Lipinski definition) is 3. The van der Waals surface area contributed by atoms with Crippen LogP contribution in [0, 0.1) is 5.92 Å². The molecule has 0 radical (unpaired) electrons. The van der Waals surface area contributed by atoms with Gasteiger partial charge in [0.25, 0.3) is 0 Å². The third kappa shape index (κ3) is 7.33. The molecular weight excluding hydrogens is 192 g/mol. The van der Waals surface area contributed by atoms with Crippen molar-refractivity contribution in [2.24, 2.45) is 5.92 Å². The molecule has 0 saturated heterocycles. The molecule has 0 rings (SSSR count). The first-order valence-electron chi connectivity index (χ1n) is 5.61. The van der Waals surface area contributed by atoms with E-state index < -0.39 is 0 Å². The van der Waals surface area contributed by atoms with E-state index in [2.05, 4.69) is 10.6 Å². The lowest BCUT2D eigenvalue weighted by Gasteiger charge is -2.20. The van der Waals surface area contributed by atoms with Crippen LogP contribution in [-0.4, -0.2) is 36.2 Å². The molecule has 0 bridgehead atoms. The first-order chi connectivity index (χ1) is 6.97. The Hall–Kier alpha value is -0.610. The molecule has 0 aliphatic carbocycles. The summed E-state index contributed by atoms with van der Waals surface area (Å²) in [5, 5.41) is 15.0. The van der Waals surface area contributed by atoms with E-state index in [9.17, 15) is 4.79 Å². The third-order valence-electron chi connectivity index (χ3n) is 2.25. The van der Waals surface area contributed by atoms with Crippen LogP contribution in [0.2, 0.25) is 0 Å². The summed E-state index contributed by atoms with van der Waals surface area (Å²) in [6.45, 7) is 8.73. The maximum Gasteiger partial charge on any atom is 0.221 e. The molecule has 15 heavy (non-hydrogen) atoms. The molecule has 0 aromatic rings. The van der Waals surface area contributed by atoms with E-state index >= 15 is 0 Å². The van der Waals surface area contributed by atoms with Gasteiger partial charge in [0.15, 0.2) is 0 Å². The molecule has 0 aromatic heterocycles. The third-order valence-corrected chi connectivity index (χ3v) is 2.25. The van der Waals surface area contributed by atoms with E-state index in [-0.39, 0.29) is 24.5 Å². The highest BCUT2D eigenvalue weighted by atomic mass is 16.3. The average Bonchev–Trinajstić information content (AvgIpc) is 2.13. The van der Waals surface area contributed by atoms with Gasteiger partial charge in [0, 0.05) is 19.0 Å². The van der Waals surface area contributed by atoms with E-state index in [0.717, 1.165) is 0 Å². The van der Waals surface area contributed by atoms with Gasteiger partial charge in [0.1, 0.15) is 0 Å². The second-order valence-corrected chi connectivity index (χ2v) is 4.46. The maximum atomic E-state index is 11.4. The van der Waals surface area contributed by atoms with Gasteiger partial charge in [0.2, 0.25) is 5.91 Å². The van der Waals surface area contributed by atoms with Crippen molar-refractivity contribution in [1.29, 1.82) is 0 Å². The van der Waals surface area contributed by atoms with Gasteiger partial charge in [-0.25, -0.2) is 0 Å². The van der Waals surface area contributed by atoms with Crippen LogP contribution in [0.1, 0.15) is 34.1 Å². The predicted octanol–water partition coefficient (Wildman–Crippen LogP) is 0.508. The minimum atomic E-state index is -0.128. The van der Waals surface area contributed by atoms with E-state index in [4.69, 9.17) is 5.11 Å². The Morgan fingerprint density at radius 3 is 2.27 bits per heavy atom. The summed E-state index contributed by atoms with van der Waals surface area (Å²) in [5.74, 6) is 0.257. The monoisotopic (exact) mass is 216 g/mol. The van der Waals surface area contributed by atoms with Crippen molar-refractivity contribution < 1.29 is 9.90 Å². The summed E-state index contributed by atoms with van der Waals surface area (Å²) < 4.78 is 0. The molecule has 0 fully saturated rings. The molecule has 0 aliphatic rings. The molecule has 0 spiro atoms. The zero-order valence-electron chi connectivity index (χ0n) is 10.2. The molecule has 4 heteroatoms. The van der Waals surface area contributed by atoms with Crippen LogP contribution in [0.4, 0.5) is 0 Å². The van der Waals surface area contributed by atoms with E-state index in [1.54, 1.807) is 0 Å². The van der Waals surface area contributed by atoms with Crippen LogP contribution in [0.25, 0.3) is 0 Å². The van der Waals surface area contributed by atoms with Crippen LogP contribution >= 0.6 is 0 Å². The van der Waals surface area contributed by atoms with Gasteiger partial charge >= 0.3 is 0 Å². The number of rotatable bonds is 7. The minimum Gasteiger partial charge on any atom is -0.394 e. The van der Waals surface area contributed by atoms with Gasteiger partial charge in [-0.3, -0.25) is 4.79 Å². The highest BCUT2D eigenvalue weighted by Gasteiger charge is 2.14. The second kappa shape index (κ2) is 7.65. The molecule has 90 valence electrons. The van der Waals surface area contributed by atoms with Crippen LogP contribution in [0.5, 0.6) is 0 Å². The van der Waals surface area contributed by atoms with Crippen LogP contribution in [0.3, 0.4) is 0 Å². The van der Waals surface area contributed by atoms with Crippen molar-refractivity contribution in [3.63, 3.8) is 0 Å². The van der Waals surface area contributed by atoms with Crippen molar-refractivity contribution in [3.05, 3.63) is 0 Å². The Morgan fingerprint density at radius 2 is 1.87 bits per heavy atom. The highest BCUT2D eigenvalue weighted by molar-refractivity contribution is 5.76. The number of carbonyl (C=O) groups is 1. The zero-order valence-corrected chi connectivity index (χ0v) is 10.2. The van der Waals surface area contributed by atoms with Crippen molar-refractivity contribution >= 4 is 5.91 Å². The molecule has 0 saturated carbocycles. The molecule has 1 unspecified atom stereocenters. The Morgan fingerprint density at radius 1 is 1.27 bits per heavy atom. The summed E-state index contributed by atoms with van der Waals surface area (Å²) in [6, 6.07) is 0.271. The van der Waals surface area contributed by atoms with E-state index in [1.807, 2.05) is 27.7 Å². The molecule has 0 aromatic carbocycles. The van der Waals surface area contributed by atoms with Gasteiger partial charge in [-0.15, -0.1) is 0 Å². The summed E-state index contributed by atoms with van der Waals surface area (Å²) >= 11 is 0. The number of hydrogen-bond acceptors (Lipinski definition) is 3. The van der Waals surface area contributed by atoms with Crippen molar-refractivity contribution in [3.8, 4) is 0 Å². The number of nitrogens with one attached hydrogen (secondary N) is 2.